The number of unbranched alkanes of at least 4 members (excludes halogenated alkanes) is 1. The van der Waals surface area contributed by atoms with Gasteiger partial charge in [0.1, 0.15) is 0 Å². The number of ketones is 1. The molecule has 1 aromatic rings. The van der Waals surface area contributed by atoms with Crippen LogP contribution in [0.1, 0.15) is 56.0 Å². The van der Waals surface area contributed by atoms with Crippen molar-refractivity contribution in [3.8, 4) is 0 Å². The van der Waals surface area contributed by atoms with Gasteiger partial charge in [0.2, 0.25) is 0 Å². The van der Waals surface area contributed by atoms with Gasteiger partial charge in [-0.05, 0) is 33.2 Å². The largest absolute Gasteiger partial charge is 0.293 e. The predicted molar refractivity (Wildman–Crippen MR) is 81.7 cm³/mol. The summed E-state index contributed by atoms with van der Waals surface area (Å²) in [6, 6.07) is 8.36. The van der Waals surface area contributed by atoms with E-state index in [9.17, 15) is 4.79 Å². The van der Waals surface area contributed by atoms with Crippen LogP contribution < -0.4 is 0 Å². The quantitative estimate of drug-likeness (QED) is 0.657. The molecule has 0 N–H and O–H groups in total. The minimum Gasteiger partial charge on any atom is -0.293 e. The first kappa shape index (κ1) is 15.9. The zero-order chi connectivity index (χ0) is 14.3. The normalized spacial score (nSPS) is 12.7. The molecule has 0 amide bonds. The molecule has 0 saturated heterocycles. The first-order valence-electron chi connectivity index (χ1n) is 7.42. The van der Waals surface area contributed by atoms with E-state index in [1.54, 1.807) is 0 Å². The molecule has 0 spiro atoms. The molecule has 1 atom stereocenters. The topological polar surface area (TPSA) is 20.3 Å². The highest BCUT2D eigenvalue weighted by molar-refractivity contribution is 5.97. The van der Waals surface area contributed by atoms with Crippen LogP contribution in [-0.2, 0) is 0 Å². The highest BCUT2D eigenvalue weighted by atomic mass is 16.1. The van der Waals surface area contributed by atoms with Crippen molar-refractivity contribution < 1.29 is 4.79 Å². The van der Waals surface area contributed by atoms with Gasteiger partial charge in [0.25, 0.3) is 0 Å². The molecule has 2 nitrogen and oxygen atoms in total. The third kappa shape index (κ3) is 5.15. The second-order valence-corrected chi connectivity index (χ2v) is 5.37. The lowest BCUT2D eigenvalue weighted by atomic mass is 10.1. The van der Waals surface area contributed by atoms with Crippen molar-refractivity contribution >= 4 is 5.78 Å². The Morgan fingerprint density at radius 1 is 1.21 bits per heavy atom. The fraction of sp³-hybridized carbons (Fsp3) is 0.588. The number of aryl methyl sites for hydroxylation is 1. The molecule has 0 aromatic heterocycles. The van der Waals surface area contributed by atoms with Crippen LogP contribution in [0, 0.1) is 6.92 Å². The second kappa shape index (κ2) is 8.11. The van der Waals surface area contributed by atoms with Crippen molar-refractivity contribution in [3.05, 3.63) is 35.4 Å². The van der Waals surface area contributed by atoms with Crippen molar-refractivity contribution in [1.29, 1.82) is 0 Å². The Morgan fingerprint density at radius 2 is 1.84 bits per heavy atom. The van der Waals surface area contributed by atoms with E-state index < -0.39 is 0 Å². The van der Waals surface area contributed by atoms with E-state index in [-0.39, 0.29) is 5.78 Å². The first-order chi connectivity index (χ1) is 9.08. The minimum atomic E-state index is 0.233. The summed E-state index contributed by atoms with van der Waals surface area (Å²) < 4.78 is 0. The van der Waals surface area contributed by atoms with Crippen molar-refractivity contribution in [2.45, 2.75) is 53.0 Å². The maximum Gasteiger partial charge on any atom is 0.176 e. The van der Waals surface area contributed by atoms with Crippen LogP contribution in [0.2, 0.25) is 0 Å². The number of hydrogen-bond donors (Lipinski definition) is 0. The molecule has 0 fully saturated rings. The molecule has 2 heteroatoms. The molecule has 0 radical (unpaired) electrons. The van der Waals surface area contributed by atoms with E-state index in [0.29, 0.717) is 12.6 Å². The molecular formula is C17H27NO. The molecule has 1 unspecified atom stereocenters. The van der Waals surface area contributed by atoms with Gasteiger partial charge in [-0.15, -0.1) is 0 Å². The van der Waals surface area contributed by atoms with Crippen LogP contribution in [0.15, 0.2) is 24.3 Å². The lowest BCUT2D eigenvalue weighted by Gasteiger charge is -2.27. The van der Waals surface area contributed by atoms with Crippen LogP contribution in [-0.4, -0.2) is 29.8 Å². The van der Waals surface area contributed by atoms with Gasteiger partial charge < -0.3 is 0 Å². The number of nitrogens with zero attached hydrogens (tertiary/aromatic N) is 1. The molecule has 0 aliphatic rings. The van der Waals surface area contributed by atoms with E-state index in [1.165, 1.54) is 12.0 Å². The maximum atomic E-state index is 12.3. The highest BCUT2D eigenvalue weighted by Crippen LogP contribution is 2.10. The van der Waals surface area contributed by atoms with E-state index in [4.69, 9.17) is 0 Å². The zero-order valence-electron chi connectivity index (χ0n) is 12.8. The molecular weight excluding hydrogens is 234 g/mol. The van der Waals surface area contributed by atoms with Gasteiger partial charge in [0, 0.05) is 11.6 Å². The van der Waals surface area contributed by atoms with E-state index in [1.807, 2.05) is 31.2 Å². The molecule has 106 valence electrons. The Kier molecular flexibility index (Phi) is 6.79. The van der Waals surface area contributed by atoms with Crippen molar-refractivity contribution in [3.63, 3.8) is 0 Å². The SMILES string of the molecule is CCCCN(CC(=O)c1ccc(C)cc1)C(C)CC. The van der Waals surface area contributed by atoms with Crippen LogP contribution in [0.25, 0.3) is 0 Å². The first-order valence-corrected chi connectivity index (χ1v) is 7.42. The summed E-state index contributed by atoms with van der Waals surface area (Å²) in [6.45, 7) is 10.2. The summed E-state index contributed by atoms with van der Waals surface area (Å²) >= 11 is 0. The molecule has 1 aromatic carbocycles. The van der Waals surface area contributed by atoms with Crippen molar-refractivity contribution in [2.75, 3.05) is 13.1 Å². The van der Waals surface area contributed by atoms with Crippen molar-refractivity contribution in [1.82, 2.24) is 4.90 Å². The Bertz CT molecular complexity index is 383. The smallest absolute Gasteiger partial charge is 0.176 e. The summed E-state index contributed by atoms with van der Waals surface area (Å²) in [5.41, 5.74) is 2.02. The van der Waals surface area contributed by atoms with Gasteiger partial charge >= 0.3 is 0 Å². The average molecular weight is 261 g/mol. The third-order valence-electron chi connectivity index (χ3n) is 3.73. The standard InChI is InChI=1S/C17H27NO/c1-5-7-12-18(15(4)6-2)13-17(19)16-10-8-14(3)9-11-16/h8-11,15H,5-7,12-13H2,1-4H3. The lowest BCUT2D eigenvalue weighted by Crippen LogP contribution is -2.37. The Balaban J connectivity index is 2.66. The van der Waals surface area contributed by atoms with Crippen molar-refractivity contribution in [2.24, 2.45) is 0 Å². The number of carbonyl (C=O) groups is 1. The molecule has 0 heterocycles. The summed E-state index contributed by atoms with van der Waals surface area (Å²) in [6.07, 6.45) is 3.42. The van der Waals surface area contributed by atoms with Gasteiger partial charge in [-0.3, -0.25) is 9.69 Å². The summed E-state index contributed by atoms with van der Waals surface area (Å²) in [7, 11) is 0. The molecule has 0 aliphatic heterocycles. The zero-order valence-corrected chi connectivity index (χ0v) is 12.8. The Hall–Kier alpha value is -1.15. The maximum absolute atomic E-state index is 12.3. The third-order valence-corrected chi connectivity index (χ3v) is 3.73. The number of benzene rings is 1. The molecule has 1 rings (SSSR count). The van der Waals surface area contributed by atoms with E-state index >= 15 is 0 Å². The summed E-state index contributed by atoms with van der Waals surface area (Å²) in [5, 5.41) is 0. The van der Waals surface area contributed by atoms with Crippen LogP contribution in [0.4, 0.5) is 0 Å². The van der Waals surface area contributed by atoms with Gasteiger partial charge in [-0.2, -0.15) is 0 Å². The molecule has 0 aliphatic carbocycles. The number of hydrogen-bond acceptors (Lipinski definition) is 2. The number of Topliss-reactive ketones (excluding diaryl/α,β-unsaturated/α-hetero) is 1. The fourth-order valence-electron chi connectivity index (χ4n) is 2.09. The van der Waals surface area contributed by atoms with E-state index in [0.717, 1.165) is 24.9 Å². The summed E-state index contributed by atoms with van der Waals surface area (Å²) in [5.74, 6) is 0.233. The van der Waals surface area contributed by atoms with Gasteiger partial charge in [-0.25, -0.2) is 0 Å². The number of rotatable bonds is 8. The van der Waals surface area contributed by atoms with Gasteiger partial charge in [0.15, 0.2) is 5.78 Å². The lowest BCUT2D eigenvalue weighted by molar-refractivity contribution is 0.0894. The van der Waals surface area contributed by atoms with E-state index in [2.05, 4.69) is 25.7 Å². The Labute approximate surface area is 117 Å². The van der Waals surface area contributed by atoms with Crippen LogP contribution in [0.3, 0.4) is 0 Å². The van der Waals surface area contributed by atoms with Gasteiger partial charge in [0.05, 0.1) is 6.54 Å². The highest BCUT2D eigenvalue weighted by Gasteiger charge is 2.16. The predicted octanol–water partition coefficient (Wildman–Crippen LogP) is 4.08. The van der Waals surface area contributed by atoms with Crippen LogP contribution >= 0.6 is 0 Å². The second-order valence-electron chi connectivity index (χ2n) is 5.37. The molecule has 0 bridgehead atoms. The molecule has 19 heavy (non-hydrogen) atoms. The number of carbonyl (C=O) groups excluding carboxylic acids is 1. The van der Waals surface area contributed by atoms with Gasteiger partial charge in [-0.1, -0.05) is 50.1 Å². The fourth-order valence-corrected chi connectivity index (χ4v) is 2.09. The van der Waals surface area contributed by atoms with Crippen LogP contribution in [0.5, 0.6) is 0 Å². The molecule has 0 saturated carbocycles. The minimum absolute atomic E-state index is 0.233. The monoisotopic (exact) mass is 261 g/mol. The summed E-state index contributed by atoms with van der Waals surface area (Å²) in [4.78, 5) is 14.6. The Morgan fingerprint density at radius 3 is 2.37 bits per heavy atom. The average Bonchev–Trinajstić information content (AvgIpc) is 2.43.